The fraction of sp³-hybridized carbons (Fsp3) is 0.227. The minimum absolute atomic E-state index is 0.000633. The zero-order valence-corrected chi connectivity index (χ0v) is 15.4. The Morgan fingerprint density at radius 2 is 2.17 bits per heavy atom. The van der Waals surface area contributed by atoms with Gasteiger partial charge in [-0.15, -0.1) is 0 Å². The number of nitrogens with zero attached hydrogens (tertiary/aromatic N) is 2. The molecule has 144 valence electrons. The van der Waals surface area contributed by atoms with Gasteiger partial charge in [0.25, 0.3) is 0 Å². The molecule has 6 rings (SSSR count). The molecule has 0 spiro atoms. The fourth-order valence-electron chi connectivity index (χ4n) is 4.95. The lowest BCUT2D eigenvalue weighted by molar-refractivity contribution is 0.0693. The third-order valence-corrected chi connectivity index (χ3v) is 6.22. The third kappa shape index (κ3) is 2.25. The van der Waals surface area contributed by atoms with E-state index < -0.39 is 11.4 Å². The van der Waals surface area contributed by atoms with Crippen LogP contribution in [-0.4, -0.2) is 38.6 Å². The normalized spacial score (nSPS) is 21.5. The number of ether oxygens (including phenoxy) is 1. The first kappa shape index (κ1) is 16.5. The first-order chi connectivity index (χ1) is 14.1. The lowest BCUT2D eigenvalue weighted by Gasteiger charge is -2.32. The smallest absolute Gasteiger partial charge is 0.341 e. The Kier molecular flexibility index (Phi) is 3.29. The van der Waals surface area contributed by atoms with Crippen molar-refractivity contribution in [2.75, 3.05) is 6.61 Å². The second-order valence-corrected chi connectivity index (χ2v) is 7.71. The number of fused-ring (bicyclic) bond motifs is 7. The van der Waals surface area contributed by atoms with Crippen molar-refractivity contribution < 1.29 is 14.6 Å². The highest BCUT2D eigenvalue weighted by molar-refractivity contribution is 6.00. The SMILES string of the molecule is O=C(O)c1cn2c(cc1=O)C1=C(c3ccc(-c4ccn[nH]4)cc3C1)[C@H]1OCC[C@H]12. The summed E-state index contributed by atoms with van der Waals surface area (Å²) >= 11 is 0. The number of hydrogen-bond acceptors (Lipinski definition) is 4. The van der Waals surface area contributed by atoms with Crippen LogP contribution in [0.15, 0.2) is 47.5 Å². The number of aromatic amines is 1. The summed E-state index contributed by atoms with van der Waals surface area (Å²) in [5.74, 6) is -1.19. The molecule has 4 heterocycles. The lowest BCUT2D eigenvalue weighted by atomic mass is 9.89. The molecule has 0 unspecified atom stereocenters. The molecule has 2 atom stereocenters. The summed E-state index contributed by atoms with van der Waals surface area (Å²) in [4.78, 5) is 23.9. The number of carboxylic acids is 1. The van der Waals surface area contributed by atoms with Gasteiger partial charge < -0.3 is 14.4 Å². The van der Waals surface area contributed by atoms with Crippen LogP contribution >= 0.6 is 0 Å². The van der Waals surface area contributed by atoms with Crippen molar-refractivity contribution in [3.8, 4) is 11.3 Å². The van der Waals surface area contributed by atoms with E-state index in [9.17, 15) is 14.7 Å². The molecule has 7 nitrogen and oxygen atoms in total. The van der Waals surface area contributed by atoms with Crippen molar-refractivity contribution in [1.29, 1.82) is 0 Å². The first-order valence-electron chi connectivity index (χ1n) is 9.59. The molecule has 3 aromatic rings. The van der Waals surface area contributed by atoms with Crippen molar-refractivity contribution in [3.05, 3.63) is 75.3 Å². The number of carbonyl (C=O) groups is 1. The van der Waals surface area contributed by atoms with Crippen molar-refractivity contribution in [2.24, 2.45) is 0 Å². The van der Waals surface area contributed by atoms with Gasteiger partial charge in [-0.05, 0) is 46.4 Å². The number of pyridine rings is 1. The van der Waals surface area contributed by atoms with Crippen LogP contribution in [0.25, 0.3) is 22.4 Å². The van der Waals surface area contributed by atoms with Gasteiger partial charge in [-0.1, -0.05) is 12.1 Å². The van der Waals surface area contributed by atoms with Crippen LogP contribution in [0.3, 0.4) is 0 Å². The molecule has 1 saturated heterocycles. The minimum atomic E-state index is -1.19. The van der Waals surface area contributed by atoms with E-state index in [0.717, 1.165) is 40.1 Å². The first-order valence-corrected chi connectivity index (χ1v) is 9.59. The van der Waals surface area contributed by atoms with Crippen LogP contribution in [0.4, 0.5) is 0 Å². The predicted molar refractivity (Wildman–Crippen MR) is 106 cm³/mol. The summed E-state index contributed by atoms with van der Waals surface area (Å²) in [6, 6.07) is 9.75. The summed E-state index contributed by atoms with van der Waals surface area (Å²) < 4.78 is 8.04. The van der Waals surface area contributed by atoms with Crippen LogP contribution < -0.4 is 5.43 Å². The molecular weight excluding hydrogens is 370 g/mol. The number of hydrogen-bond donors (Lipinski definition) is 2. The maximum atomic E-state index is 12.4. The van der Waals surface area contributed by atoms with Gasteiger partial charge >= 0.3 is 5.97 Å². The quantitative estimate of drug-likeness (QED) is 0.705. The van der Waals surface area contributed by atoms with Gasteiger partial charge in [0.2, 0.25) is 0 Å². The van der Waals surface area contributed by atoms with Crippen molar-refractivity contribution in [1.82, 2.24) is 14.8 Å². The van der Waals surface area contributed by atoms with E-state index in [-0.39, 0.29) is 17.7 Å². The number of aromatic carboxylic acids is 1. The van der Waals surface area contributed by atoms with E-state index in [1.54, 1.807) is 6.20 Å². The highest BCUT2D eigenvalue weighted by atomic mass is 16.5. The van der Waals surface area contributed by atoms with Crippen LogP contribution in [0, 0.1) is 0 Å². The predicted octanol–water partition coefficient (Wildman–Crippen LogP) is 2.75. The largest absolute Gasteiger partial charge is 0.477 e. The summed E-state index contributed by atoms with van der Waals surface area (Å²) in [5, 5.41) is 16.4. The van der Waals surface area contributed by atoms with E-state index in [4.69, 9.17) is 4.74 Å². The highest BCUT2D eigenvalue weighted by Crippen LogP contribution is 2.50. The molecular formula is C22H17N3O4. The Bertz CT molecular complexity index is 1270. The number of aromatic nitrogens is 3. The summed E-state index contributed by atoms with van der Waals surface area (Å²) in [7, 11) is 0. The van der Waals surface area contributed by atoms with Gasteiger partial charge in [0.15, 0.2) is 5.43 Å². The van der Waals surface area contributed by atoms with Crippen LogP contribution in [0.5, 0.6) is 0 Å². The third-order valence-electron chi connectivity index (χ3n) is 6.22. The molecule has 0 radical (unpaired) electrons. The highest BCUT2D eigenvalue weighted by Gasteiger charge is 2.43. The number of H-pyrrole nitrogens is 1. The average Bonchev–Trinajstić information content (AvgIpc) is 3.45. The maximum Gasteiger partial charge on any atom is 0.341 e. The number of rotatable bonds is 2. The Labute approximate surface area is 165 Å². The van der Waals surface area contributed by atoms with E-state index in [1.165, 1.54) is 17.8 Å². The zero-order valence-electron chi connectivity index (χ0n) is 15.4. The lowest BCUT2D eigenvalue weighted by Crippen LogP contribution is -2.31. The summed E-state index contributed by atoms with van der Waals surface area (Å²) in [6.45, 7) is 0.613. The molecule has 2 N–H and O–H groups in total. The molecule has 0 saturated carbocycles. The van der Waals surface area contributed by atoms with Crippen molar-refractivity contribution in [3.63, 3.8) is 0 Å². The molecule has 1 fully saturated rings. The topological polar surface area (TPSA) is 97.2 Å². The van der Waals surface area contributed by atoms with Gasteiger partial charge in [-0.2, -0.15) is 5.10 Å². The van der Waals surface area contributed by atoms with Crippen molar-refractivity contribution in [2.45, 2.75) is 25.0 Å². The summed E-state index contributed by atoms with van der Waals surface area (Å²) in [6.07, 6.45) is 4.57. The van der Waals surface area contributed by atoms with Gasteiger partial charge in [0.05, 0.1) is 11.7 Å². The minimum Gasteiger partial charge on any atom is -0.477 e. The standard InChI is InChI=1S/C22H17N3O4/c26-19-9-18-14-8-12-7-11(16-3-5-23-24-16)1-2-13(12)20(14)21-17(4-6-29-21)25(18)10-15(19)22(27)28/h1-3,5,7,9-10,17,21H,4,6,8H2,(H,23,24)(H,27,28)/t17-,21+/m1/s1. The van der Waals surface area contributed by atoms with E-state index in [0.29, 0.717) is 13.0 Å². The Morgan fingerprint density at radius 3 is 2.97 bits per heavy atom. The molecule has 1 aromatic carbocycles. The Balaban J connectivity index is 1.54. The number of nitrogens with one attached hydrogen (secondary N) is 1. The second kappa shape index (κ2) is 5.78. The maximum absolute atomic E-state index is 12.4. The van der Waals surface area contributed by atoms with Gasteiger partial charge in [-0.3, -0.25) is 9.89 Å². The molecule has 2 aliphatic heterocycles. The second-order valence-electron chi connectivity index (χ2n) is 7.71. The molecule has 3 aliphatic rings. The number of carboxylic acid groups (broad SMARTS) is 1. The number of allylic oxidation sites excluding steroid dienone is 1. The van der Waals surface area contributed by atoms with E-state index >= 15 is 0 Å². The fourth-order valence-corrected chi connectivity index (χ4v) is 4.95. The monoisotopic (exact) mass is 387 g/mol. The van der Waals surface area contributed by atoms with E-state index in [2.05, 4.69) is 28.4 Å². The molecule has 29 heavy (non-hydrogen) atoms. The molecule has 1 aliphatic carbocycles. The molecule has 0 bridgehead atoms. The van der Waals surface area contributed by atoms with Crippen LogP contribution in [0.2, 0.25) is 0 Å². The Morgan fingerprint density at radius 1 is 1.28 bits per heavy atom. The molecule has 0 amide bonds. The van der Waals surface area contributed by atoms with Crippen LogP contribution in [0.1, 0.15) is 39.6 Å². The van der Waals surface area contributed by atoms with Gasteiger partial charge in [0, 0.05) is 37.2 Å². The van der Waals surface area contributed by atoms with E-state index in [1.807, 2.05) is 10.6 Å². The zero-order chi connectivity index (χ0) is 19.7. The van der Waals surface area contributed by atoms with Gasteiger partial charge in [-0.25, -0.2) is 4.79 Å². The average molecular weight is 387 g/mol. The number of benzene rings is 1. The Hall–Kier alpha value is -3.45. The van der Waals surface area contributed by atoms with Gasteiger partial charge in [0.1, 0.15) is 11.7 Å². The molecule has 2 aromatic heterocycles. The summed E-state index contributed by atoms with van der Waals surface area (Å²) in [5.41, 5.74) is 6.70. The van der Waals surface area contributed by atoms with Crippen molar-refractivity contribution >= 4 is 17.1 Å². The molecule has 7 heteroatoms. The van der Waals surface area contributed by atoms with Crippen LogP contribution in [-0.2, 0) is 11.2 Å².